The Morgan fingerprint density at radius 3 is 2.80 bits per heavy atom. The van der Waals surface area contributed by atoms with E-state index in [1.165, 1.54) is 18.2 Å². The number of rotatable bonds is 2. The van der Waals surface area contributed by atoms with E-state index in [-0.39, 0.29) is 5.56 Å². The van der Waals surface area contributed by atoms with E-state index in [1.807, 2.05) is 18.2 Å². The second-order valence-corrected chi connectivity index (χ2v) is 4.95. The molecule has 1 atom stereocenters. The first-order valence-electron chi connectivity index (χ1n) is 6.12. The molecule has 1 N–H and O–H groups in total. The molecule has 100 valence electrons. The van der Waals surface area contributed by atoms with Gasteiger partial charge in [-0.2, -0.15) is 0 Å². The van der Waals surface area contributed by atoms with Crippen molar-refractivity contribution in [2.75, 3.05) is 0 Å². The van der Waals surface area contributed by atoms with E-state index in [0.717, 1.165) is 10.8 Å². The molecular weight excluding hydrogens is 277 g/mol. The molecule has 0 saturated heterocycles. The number of aromatic nitrogens is 1. The Kier molecular flexibility index (Phi) is 3.38. The molecule has 3 rings (SSSR count). The zero-order chi connectivity index (χ0) is 14.1. The topological polar surface area (TPSA) is 33.1 Å². The van der Waals surface area contributed by atoms with Gasteiger partial charge in [-0.3, -0.25) is 4.98 Å². The normalized spacial score (nSPS) is 12.6. The van der Waals surface area contributed by atoms with Crippen LogP contribution >= 0.6 is 11.6 Å². The highest BCUT2D eigenvalue weighted by molar-refractivity contribution is 6.30. The van der Waals surface area contributed by atoms with Crippen LogP contribution in [0.1, 0.15) is 17.2 Å². The highest BCUT2D eigenvalue weighted by atomic mass is 35.5. The van der Waals surface area contributed by atoms with Gasteiger partial charge in [0.2, 0.25) is 0 Å². The van der Waals surface area contributed by atoms with E-state index in [4.69, 9.17) is 11.6 Å². The Labute approximate surface area is 120 Å². The Balaban J connectivity index is 2.17. The summed E-state index contributed by atoms with van der Waals surface area (Å²) in [6.07, 6.45) is 2.26. The maximum absolute atomic E-state index is 13.9. The minimum atomic E-state index is -1.08. The molecule has 20 heavy (non-hydrogen) atoms. The fourth-order valence-electron chi connectivity index (χ4n) is 2.27. The summed E-state index contributed by atoms with van der Waals surface area (Å²) in [7, 11) is 0. The number of aliphatic hydroxyl groups excluding tert-OH is 1. The lowest BCUT2D eigenvalue weighted by Gasteiger charge is -2.15. The minimum Gasteiger partial charge on any atom is -0.384 e. The van der Waals surface area contributed by atoms with Gasteiger partial charge in [0.05, 0.1) is 0 Å². The van der Waals surface area contributed by atoms with E-state index in [2.05, 4.69) is 4.98 Å². The van der Waals surface area contributed by atoms with Gasteiger partial charge in [0.15, 0.2) is 0 Å². The summed E-state index contributed by atoms with van der Waals surface area (Å²) >= 11 is 5.88. The summed E-state index contributed by atoms with van der Waals surface area (Å²) in [6.45, 7) is 0. The molecule has 0 saturated carbocycles. The molecule has 0 amide bonds. The second-order valence-electron chi connectivity index (χ2n) is 4.51. The van der Waals surface area contributed by atoms with Gasteiger partial charge in [0.25, 0.3) is 0 Å². The van der Waals surface area contributed by atoms with Crippen molar-refractivity contribution in [2.45, 2.75) is 6.10 Å². The zero-order valence-corrected chi connectivity index (χ0v) is 11.2. The van der Waals surface area contributed by atoms with Gasteiger partial charge in [0, 0.05) is 28.4 Å². The van der Waals surface area contributed by atoms with Gasteiger partial charge in [-0.15, -0.1) is 0 Å². The maximum atomic E-state index is 13.9. The Morgan fingerprint density at radius 1 is 1.10 bits per heavy atom. The number of halogens is 2. The molecule has 1 heterocycles. The van der Waals surface area contributed by atoms with Crippen LogP contribution in [-0.2, 0) is 0 Å². The third kappa shape index (κ3) is 2.26. The summed E-state index contributed by atoms with van der Waals surface area (Å²) in [6, 6.07) is 11.5. The Morgan fingerprint density at radius 2 is 1.95 bits per heavy atom. The van der Waals surface area contributed by atoms with Crippen LogP contribution < -0.4 is 0 Å². The van der Waals surface area contributed by atoms with Crippen LogP contribution in [0.25, 0.3) is 10.8 Å². The number of hydrogen-bond acceptors (Lipinski definition) is 2. The van der Waals surface area contributed by atoms with Gasteiger partial charge < -0.3 is 5.11 Å². The first-order valence-corrected chi connectivity index (χ1v) is 6.50. The molecule has 0 aliphatic heterocycles. The van der Waals surface area contributed by atoms with E-state index in [9.17, 15) is 9.50 Å². The maximum Gasteiger partial charge on any atom is 0.129 e. The van der Waals surface area contributed by atoms with Crippen molar-refractivity contribution in [3.05, 3.63) is 76.8 Å². The van der Waals surface area contributed by atoms with Crippen LogP contribution in [-0.4, -0.2) is 10.1 Å². The summed E-state index contributed by atoms with van der Waals surface area (Å²) in [5.41, 5.74) is 0.769. The zero-order valence-electron chi connectivity index (χ0n) is 10.4. The van der Waals surface area contributed by atoms with Gasteiger partial charge in [0.1, 0.15) is 11.9 Å². The number of aliphatic hydroxyl groups is 1. The molecule has 0 spiro atoms. The fourth-order valence-corrected chi connectivity index (χ4v) is 2.45. The van der Waals surface area contributed by atoms with Crippen molar-refractivity contribution in [3.63, 3.8) is 0 Å². The monoisotopic (exact) mass is 287 g/mol. The number of fused-ring (bicyclic) bond motifs is 1. The summed E-state index contributed by atoms with van der Waals surface area (Å²) < 4.78 is 13.9. The van der Waals surface area contributed by atoms with Crippen LogP contribution in [0.5, 0.6) is 0 Å². The van der Waals surface area contributed by atoms with E-state index < -0.39 is 11.9 Å². The first-order chi connectivity index (χ1) is 9.66. The van der Waals surface area contributed by atoms with Gasteiger partial charge in [-0.1, -0.05) is 29.8 Å². The minimum absolute atomic E-state index is 0.161. The SMILES string of the molecule is OC(c1cc(Cl)ccc1F)c1cccc2ccncc12. The van der Waals surface area contributed by atoms with Crippen LogP contribution in [0.4, 0.5) is 4.39 Å². The lowest BCUT2D eigenvalue weighted by Crippen LogP contribution is -2.03. The largest absolute Gasteiger partial charge is 0.384 e. The van der Waals surface area contributed by atoms with Crippen LogP contribution in [0.15, 0.2) is 54.9 Å². The molecular formula is C16H11ClFNO. The molecule has 2 aromatic carbocycles. The predicted octanol–water partition coefficient (Wildman–Crippen LogP) is 4.11. The van der Waals surface area contributed by atoms with Crippen molar-refractivity contribution >= 4 is 22.4 Å². The second kappa shape index (κ2) is 5.19. The highest BCUT2D eigenvalue weighted by Gasteiger charge is 2.17. The summed E-state index contributed by atoms with van der Waals surface area (Å²) in [5.74, 6) is -0.484. The lowest BCUT2D eigenvalue weighted by molar-refractivity contribution is 0.216. The van der Waals surface area contributed by atoms with E-state index >= 15 is 0 Å². The smallest absolute Gasteiger partial charge is 0.129 e. The highest BCUT2D eigenvalue weighted by Crippen LogP contribution is 2.31. The first kappa shape index (κ1) is 13.0. The van der Waals surface area contributed by atoms with Crippen molar-refractivity contribution < 1.29 is 9.50 Å². The van der Waals surface area contributed by atoms with E-state index in [1.54, 1.807) is 18.5 Å². The lowest BCUT2D eigenvalue weighted by atomic mass is 9.97. The van der Waals surface area contributed by atoms with Gasteiger partial charge >= 0.3 is 0 Å². The molecule has 2 nitrogen and oxygen atoms in total. The van der Waals surface area contributed by atoms with Crippen molar-refractivity contribution in [1.82, 2.24) is 4.98 Å². The number of pyridine rings is 1. The molecule has 0 aliphatic carbocycles. The number of hydrogen-bond donors (Lipinski definition) is 1. The molecule has 0 fully saturated rings. The molecule has 1 aromatic heterocycles. The Bertz CT molecular complexity index is 770. The fraction of sp³-hybridized carbons (Fsp3) is 0.0625. The Hall–Kier alpha value is -1.97. The number of nitrogens with zero attached hydrogens (tertiary/aromatic N) is 1. The molecule has 0 radical (unpaired) electrons. The third-order valence-electron chi connectivity index (χ3n) is 3.26. The third-order valence-corrected chi connectivity index (χ3v) is 3.50. The standard InChI is InChI=1S/C16H11ClFNO/c17-11-4-5-15(18)13(8-11)16(20)12-3-1-2-10-6-7-19-9-14(10)12/h1-9,16,20H. The molecule has 0 aliphatic rings. The molecule has 0 bridgehead atoms. The van der Waals surface area contributed by atoms with Crippen LogP contribution in [0, 0.1) is 5.82 Å². The van der Waals surface area contributed by atoms with Crippen LogP contribution in [0.2, 0.25) is 5.02 Å². The molecule has 1 unspecified atom stereocenters. The summed E-state index contributed by atoms with van der Waals surface area (Å²) in [5, 5.41) is 12.6. The van der Waals surface area contributed by atoms with Crippen molar-refractivity contribution in [3.8, 4) is 0 Å². The van der Waals surface area contributed by atoms with Gasteiger partial charge in [-0.25, -0.2) is 4.39 Å². The molecule has 4 heteroatoms. The van der Waals surface area contributed by atoms with Crippen molar-refractivity contribution in [1.29, 1.82) is 0 Å². The van der Waals surface area contributed by atoms with Gasteiger partial charge in [-0.05, 0) is 35.2 Å². The van der Waals surface area contributed by atoms with Crippen molar-refractivity contribution in [2.24, 2.45) is 0 Å². The average molecular weight is 288 g/mol. The average Bonchev–Trinajstić information content (AvgIpc) is 2.48. The predicted molar refractivity (Wildman–Crippen MR) is 77.2 cm³/mol. The molecule has 3 aromatic rings. The number of benzene rings is 2. The van der Waals surface area contributed by atoms with Crippen LogP contribution in [0.3, 0.4) is 0 Å². The quantitative estimate of drug-likeness (QED) is 0.769. The summed E-state index contributed by atoms with van der Waals surface area (Å²) in [4.78, 5) is 4.06. The van der Waals surface area contributed by atoms with E-state index in [0.29, 0.717) is 10.6 Å².